The number of piperidine rings is 1. The maximum Gasteiger partial charge on any atom is 0.324 e. The standard InChI is InChI=1S/C21H32N2O5S/c1-15(2)23(16(3)4)20(24)14-28-21(25)19-8-6-7-13-22(19)29(26,27)18-11-9-17(5)10-12-18/h9-12,15-16,19H,6-8,13-14H2,1-5H3/t19-/m0/s1. The number of amides is 1. The first-order valence-corrected chi connectivity index (χ1v) is 11.6. The SMILES string of the molecule is Cc1ccc(S(=O)(=O)N2CCCC[C@H]2C(=O)OCC(=O)N(C(C)C)C(C)C)cc1. The fourth-order valence-electron chi connectivity index (χ4n) is 3.75. The molecular formula is C21H32N2O5S. The highest BCUT2D eigenvalue weighted by molar-refractivity contribution is 7.89. The molecule has 1 heterocycles. The number of nitrogens with zero attached hydrogens (tertiary/aromatic N) is 2. The third kappa shape index (κ3) is 5.57. The molecule has 1 saturated heterocycles. The Hall–Kier alpha value is -1.93. The molecule has 0 bridgehead atoms. The van der Waals surface area contributed by atoms with E-state index in [1.165, 1.54) is 4.31 Å². The highest BCUT2D eigenvalue weighted by Crippen LogP contribution is 2.26. The van der Waals surface area contributed by atoms with Crippen molar-refractivity contribution in [1.82, 2.24) is 9.21 Å². The van der Waals surface area contributed by atoms with Crippen LogP contribution in [0.15, 0.2) is 29.2 Å². The third-order valence-corrected chi connectivity index (χ3v) is 7.01. The Morgan fingerprint density at radius 3 is 2.24 bits per heavy atom. The first-order chi connectivity index (χ1) is 13.6. The van der Waals surface area contributed by atoms with E-state index < -0.39 is 22.0 Å². The number of hydrogen-bond acceptors (Lipinski definition) is 5. The van der Waals surface area contributed by atoms with Crippen molar-refractivity contribution < 1.29 is 22.7 Å². The topological polar surface area (TPSA) is 84.0 Å². The molecule has 1 aliphatic rings. The molecule has 0 saturated carbocycles. The van der Waals surface area contributed by atoms with Gasteiger partial charge in [-0.2, -0.15) is 4.31 Å². The molecule has 0 unspecified atom stereocenters. The van der Waals surface area contributed by atoms with Gasteiger partial charge in [-0.15, -0.1) is 0 Å². The van der Waals surface area contributed by atoms with E-state index >= 15 is 0 Å². The zero-order chi connectivity index (χ0) is 21.8. The van der Waals surface area contributed by atoms with Gasteiger partial charge in [-0.3, -0.25) is 9.59 Å². The molecular weight excluding hydrogens is 392 g/mol. The number of rotatable bonds is 7. The summed E-state index contributed by atoms with van der Waals surface area (Å²) < 4.78 is 32.7. The van der Waals surface area contributed by atoms with Crippen LogP contribution in [0.1, 0.15) is 52.5 Å². The molecule has 0 spiro atoms. The third-order valence-electron chi connectivity index (χ3n) is 5.09. The van der Waals surface area contributed by atoms with Crippen molar-refractivity contribution in [2.75, 3.05) is 13.2 Å². The van der Waals surface area contributed by atoms with Crippen molar-refractivity contribution in [3.05, 3.63) is 29.8 Å². The normalized spacial score (nSPS) is 18.1. The second kappa shape index (κ2) is 9.71. The molecule has 162 valence electrons. The lowest BCUT2D eigenvalue weighted by molar-refractivity contribution is -0.157. The molecule has 0 aromatic heterocycles. The fraction of sp³-hybridized carbons (Fsp3) is 0.619. The zero-order valence-corrected chi connectivity index (χ0v) is 18.7. The van der Waals surface area contributed by atoms with Gasteiger partial charge in [-0.05, 0) is 66.0 Å². The van der Waals surface area contributed by atoms with Crippen LogP contribution in [0.5, 0.6) is 0 Å². The van der Waals surface area contributed by atoms with Crippen molar-refractivity contribution in [3.63, 3.8) is 0 Å². The Kier molecular flexibility index (Phi) is 7.82. The summed E-state index contributed by atoms with van der Waals surface area (Å²) >= 11 is 0. The number of hydrogen-bond donors (Lipinski definition) is 0. The van der Waals surface area contributed by atoms with E-state index in [0.717, 1.165) is 12.0 Å². The van der Waals surface area contributed by atoms with Gasteiger partial charge in [0.15, 0.2) is 6.61 Å². The second-order valence-corrected chi connectivity index (χ2v) is 9.93. The van der Waals surface area contributed by atoms with Crippen molar-refractivity contribution in [2.24, 2.45) is 0 Å². The van der Waals surface area contributed by atoms with E-state index in [9.17, 15) is 18.0 Å². The molecule has 2 rings (SSSR count). The van der Waals surface area contributed by atoms with Crippen LogP contribution in [0.2, 0.25) is 0 Å². The summed E-state index contributed by atoms with van der Waals surface area (Å²) in [5.74, 6) is -0.951. The van der Waals surface area contributed by atoms with E-state index in [2.05, 4.69) is 0 Å². The number of carbonyl (C=O) groups is 2. The Morgan fingerprint density at radius 1 is 1.10 bits per heavy atom. The number of carbonyl (C=O) groups excluding carboxylic acids is 2. The first kappa shape index (κ1) is 23.3. The average molecular weight is 425 g/mol. The summed E-state index contributed by atoms with van der Waals surface area (Å²) in [6.45, 7) is 9.35. The summed E-state index contributed by atoms with van der Waals surface area (Å²) in [7, 11) is -3.82. The number of aryl methyl sites for hydroxylation is 1. The fourth-order valence-corrected chi connectivity index (χ4v) is 5.40. The summed E-state index contributed by atoms with van der Waals surface area (Å²) in [5.41, 5.74) is 0.955. The maximum atomic E-state index is 13.1. The van der Waals surface area contributed by atoms with E-state index in [1.54, 1.807) is 29.2 Å². The Labute approximate surface area is 174 Å². The predicted molar refractivity (Wildman–Crippen MR) is 111 cm³/mol. The van der Waals surface area contributed by atoms with Gasteiger partial charge in [0, 0.05) is 18.6 Å². The van der Waals surface area contributed by atoms with Crippen LogP contribution in [0.4, 0.5) is 0 Å². The van der Waals surface area contributed by atoms with Crippen molar-refractivity contribution >= 4 is 21.9 Å². The van der Waals surface area contributed by atoms with Gasteiger partial charge in [-0.25, -0.2) is 8.42 Å². The monoisotopic (exact) mass is 424 g/mol. The summed E-state index contributed by atoms with van der Waals surface area (Å²) in [6, 6.07) is 5.62. The van der Waals surface area contributed by atoms with E-state index in [1.807, 2.05) is 34.6 Å². The number of esters is 1. The average Bonchev–Trinajstić information content (AvgIpc) is 2.66. The lowest BCUT2D eigenvalue weighted by Gasteiger charge is -2.34. The van der Waals surface area contributed by atoms with Crippen LogP contribution in [-0.2, 0) is 24.3 Å². The molecule has 8 heteroatoms. The summed E-state index contributed by atoms with van der Waals surface area (Å²) in [5, 5.41) is 0. The molecule has 1 aromatic carbocycles. The number of sulfonamides is 1. The Balaban J connectivity index is 2.13. The van der Waals surface area contributed by atoms with Crippen molar-refractivity contribution in [3.8, 4) is 0 Å². The van der Waals surface area contributed by atoms with E-state index in [4.69, 9.17) is 4.74 Å². The zero-order valence-electron chi connectivity index (χ0n) is 17.9. The van der Waals surface area contributed by atoms with Crippen molar-refractivity contribution in [2.45, 2.75) is 76.9 Å². The minimum Gasteiger partial charge on any atom is -0.454 e. The molecule has 29 heavy (non-hydrogen) atoms. The largest absolute Gasteiger partial charge is 0.454 e. The molecule has 1 fully saturated rings. The van der Waals surface area contributed by atoms with Crippen LogP contribution in [-0.4, -0.2) is 60.8 Å². The van der Waals surface area contributed by atoms with Crippen LogP contribution >= 0.6 is 0 Å². The maximum absolute atomic E-state index is 13.1. The van der Waals surface area contributed by atoms with Gasteiger partial charge in [0.1, 0.15) is 6.04 Å². The number of ether oxygens (including phenoxy) is 1. The highest BCUT2D eigenvalue weighted by Gasteiger charge is 2.39. The van der Waals surface area contributed by atoms with Crippen LogP contribution in [0.25, 0.3) is 0 Å². The summed E-state index contributed by atoms with van der Waals surface area (Å²) in [4.78, 5) is 27.0. The lowest BCUT2D eigenvalue weighted by Crippen LogP contribution is -2.49. The smallest absolute Gasteiger partial charge is 0.324 e. The Morgan fingerprint density at radius 2 is 1.69 bits per heavy atom. The van der Waals surface area contributed by atoms with Gasteiger partial charge in [0.25, 0.3) is 5.91 Å². The van der Waals surface area contributed by atoms with Gasteiger partial charge < -0.3 is 9.64 Å². The molecule has 1 aliphatic heterocycles. The molecule has 1 amide bonds. The molecule has 1 atom stereocenters. The minimum atomic E-state index is -3.82. The highest BCUT2D eigenvalue weighted by atomic mass is 32.2. The van der Waals surface area contributed by atoms with Gasteiger partial charge in [0.2, 0.25) is 10.0 Å². The number of benzene rings is 1. The minimum absolute atomic E-state index is 0.0192. The first-order valence-electron chi connectivity index (χ1n) is 10.1. The van der Waals surface area contributed by atoms with Crippen LogP contribution in [0.3, 0.4) is 0 Å². The van der Waals surface area contributed by atoms with Gasteiger partial charge in [0.05, 0.1) is 4.90 Å². The quantitative estimate of drug-likeness (QED) is 0.629. The molecule has 0 N–H and O–H groups in total. The molecule has 7 nitrogen and oxygen atoms in total. The Bertz CT molecular complexity index is 810. The van der Waals surface area contributed by atoms with Gasteiger partial charge in [-0.1, -0.05) is 17.7 Å². The van der Waals surface area contributed by atoms with E-state index in [0.29, 0.717) is 12.8 Å². The van der Waals surface area contributed by atoms with Crippen molar-refractivity contribution in [1.29, 1.82) is 0 Å². The molecule has 0 aliphatic carbocycles. The molecule has 1 aromatic rings. The summed E-state index contributed by atoms with van der Waals surface area (Å²) in [6.07, 6.45) is 1.80. The van der Waals surface area contributed by atoms with Crippen LogP contribution < -0.4 is 0 Å². The molecule has 0 radical (unpaired) electrons. The lowest BCUT2D eigenvalue weighted by atomic mass is 10.1. The van der Waals surface area contributed by atoms with E-state index in [-0.39, 0.29) is 36.0 Å². The van der Waals surface area contributed by atoms with Crippen LogP contribution in [0, 0.1) is 6.92 Å². The predicted octanol–water partition coefficient (Wildman–Crippen LogP) is 2.73. The van der Waals surface area contributed by atoms with Gasteiger partial charge >= 0.3 is 5.97 Å². The second-order valence-electron chi connectivity index (χ2n) is 8.04.